The van der Waals surface area contributed by atoms with Gasteiger partial charge in [0.05, 0.1) is 22.4 Å². The zero-order valence-corrected chi connectivity index (χ0v) is 20.2. The molecule has 34 heavy (non-hydrogen) atoms. The van der Waals surface area contributed by atoms with Crippen LogP contribution in [0.2, 0.25) is 5.02 Å². The summed E-state index contributed by atoms with van der Waals surface area (Å²) in [7, 11) is 0. The lowest BCUT2D eigenvalue weighted by molar-refractivity contribution is -0.113. The summed E-state index contributed by atoms with van der Waals surface area (Å²) in [6, 6.07) is 12.9. The van der Waals surface area contributed by atoms with Gasteiger partial charge < -0.3 is 5.32 Å². The lowest BCUT2D eigenvalue weighted by Gasteiger charge is -2.31. The molecule has 1 fully saturated rings. The molecule has 2 heterocycles. The number of nitriles is 1. The van der Waals surface area contributed by atoms with Gasteiger partial charge in [0, 0.05) is 11.4 Å². The summed E-state index contributed by atoms with van der Waals surface area (Å²) < 4.78 is 15.5. The Morgan fingerprint density at radius 1 is 1.21 bits per heavy atom. The number of rotatable bonds is 7. The van der Waals surface area contributed by atoms with Crippen molar-refractivity contribution in [1.82, 2.24) is 19.7 Å². The molecule has 1 atom stereocenters. The smallest absolute Gasteiger partial charge is 0.234 e. The number of carbonyl (C=O) groups is 1. The largest absolute Gasteiger partial charge is 0.325 e. The topological polar surface area (TPSA) is 86.8 Å². The first-order valence-corrected chi connectivity index (χ1v) is 12.4. The van der Waals surface area contributed by atoms with Crippen molar-refractivity contribution in [2.45, 2.75) is 37.4 Å². The first-order valence-electron chi connectivity index (χ1n) is 11.0. The number of thioether (sulfide) groups is 1. The average molecular weight is 499 g/mol. The molecule has 1 aliphatic rings. The van der Waals surface area contributed by atoms with E-state index in [4.69, 9.17) is 16.9 Å². The maximum absolute atomic E-state index is 13.6. The van der Waals surface area contributed by atoms with Crippen LogP contribution in [0.1, 0.15) is 43.6 Å². The third kappa shape index (κ3) is 5.58. The standard InChI is InChI=1S/C24H24ClFN6OS/c1-16(31-11-3-2-4-12-31)23-29-30-24(32(23)20-9-6-18(26)7-10-20)34-15-22(33)28-19-8-5-17(14-27)21(25)13-19/h5-10,13,16H,2-4,11-12,15H2,1H3,(H,28,33). The highest BCUT2D eigenvalue weighted by atomic mass is 35.5. The normalized spacial score (nSPS) is 15.0. The van der Waals surface area contributed by atoms with E-state index in [1.807, 2.05) is 10.6 Å². The van der Waals surface area contributed by atoms with Gasteiger partial charge in [0.2, 0.25) is 5.91 Å². The number of aromatic nitrogens is 3. The molecule has 176 valence electrons. The van der Waals surface area contributed by atoms with Crippen LogP contribution in [0.3, 0.4) is 0 Å². The van der Waals surface area contributed by atoms with Crippen molar-refractivity contribution in [2.24, 2.45) is 0 Å². The quantitative estimate of drug-likeness (QED) is 0.450. The molecule has 2 aromatic carbocycles. The summed E-state index contributed by atoms with van der Waals surface area (Å²) in [6.07, 6.45) is 3.53. The number of benzene rings is 2. The van der Waals surface area contributed by atoms with E-state index in [1.54, 1.807) is 30.3 Å². The van der Waals surface area contributed by atoms with Crippen molar-refractivity contribution < 1.29 is 9.18 Å². The zero-order chi connectivity index (χ0) is 24.1. The molecule has 3 aromatic rings. The SMILES string of the molecule is CC(c1nnc(SCC(=O)Nc2ccc(C#N)c(Cl)c2)n1-c1ccc(F)cc1)N1CCCCC1. The number of hydrogen-bond donors (Lipinski definition) is 1. The maximum atomic E-state index is 13.6. The summed E-state index contributed by atoms with van der Waals surface area (Å²) in [5.41, 5.74) is 1.60. The van der Waals surface area contributed by atoms with Crippen LogP contribution in [0.4, 0.5) is 10.1 Å². The van der Waals surface area contributed by atoms with E-state index in [1.165, 1.54) is 30.3 Å². The minimum Gasteiger partial charge on any atom is -0.325 e. The molecule has 0 aliphatic carbocycles. The summed E-state index contributed by atoms with van der Waals surface area (Å²) in [6.45, 7) is 4.09. The first-order chi connectivity index (χ1) is 16.5. The van der Waals surface area contributed by atoms with E-state index < -0.39 is 0 Å². The Bertz CT molecular complexity index is 1200. The third-order valence-corrected chi connectivity index (χ3v) is 7.00. The van der Waals surface area contributed by atoms with E-state index in [0.717, 1.165) is 37.4 Å². The Kier molecular flexibility index (Phi) is 7.83. The van der Waals surface area contributed by atoms with Crippen LogP contribution in [0, 0.1) is 17.1 Å². The Balaban J connectivity index is 1.53. The van der Waals surface area contributed by atoms with Crippen LogP contribution in [-0.2, 0) is 4.79 Å². The minimum atomic E-state index is -0.322. The van der Waals surface area contributed by atoms with E-state index in [2.05, 4.69) is 27.3 Å². The number of halogens is 2. The molecule has 0 bridgehead atoms. The highest BCUT2D eigenvalue weighted by Gasteiger charge is 2.26. The van der Waals surface area contributed by atoms with E-state index >= 15 is 0 Å². The summed E-state index contributed by atoms with van der Waals surface area (Å²) in [5, 5.41) is 21.4. The monoisotopic (exact) mass is 498 g/mol. The van der Waals surface area contributed by atoms with Gasteiger partial charge in [-0.3, -0.25) is 14.3 Å². The van der Waals surface area contributed by atoms with Gasteiger partial charge in [-0.2, -0.15) is 5.26 Å². The van der Waals surface area contributed by atoms with Gasteiger partial charge in [-0.25, -0.2) is 4.39 Å². The van der Waals surface area contributed by atoms with Crippen molar-refractivity contribution in [3.8, 4) is 11.8 Å². The van der Waals surface area contributed by atoms with Crippen molar-refractivity contribution in [3.05, 3.63) is 64.7 Å². The molecule has 1 amide bonds. The highest BCUT2D eigenvalue weighted by molar-refractivity contribution is 7.99. The molecule has 10 heteroatoms. The lowest BCUT2D eigenvalue weighted by atomic mass is 10.1. The predicted molar refractivity (Wildman–Crippen MR) is 131 cm³/mol. The molecule has 0 saturated carbocycles. The van der Waals surface area contributed by atoms with Gasteiger partial charge in [0.1, 0.15) is 11.9 Å². The fourth-order valence-electron chi connectivity index (χ4n) is 3.96. The fourth-order valence-corrected chi connectivity index (χ4v) is 4.94. The van der Waals surface area contributed by atoms with Crippen LogP contribution in [0.5, 0.6) is 0 Å². The van der Waals surface area contributed by atoms with Gasteiger partial charge in [-0.1, -0.05) is 29.8 Å². The Labute approximate surface area is 206 Å². The van der Waals surface area contributed by atoms with Gasteiger partial charge in [0.15, 0.2) is 11.0 Å². The summed E-state index contributed by atoms with van der Waals surface area (Å²) in [5.74, 6) is 0.284. The van der Waals surface area contributed by atoms with Gasteiger partial charge >= 0.3 is 0 Å². The zero-order valence-electron chi connectivity index (χ0n) is 18.7. The number of piperidine rings is 1. The number of likely N-dealkylation sites (tertiary alicyclic amines) is 1. The molecule has 4 rings (SSSR count). The van der Waals surface area contributed by atoms with Crippen LogP contribution < -0.4 is 5.32 Å². The lowest BCUT2D eigenvalue weighted by Crippen LogP contribution is -2.33. The van der Waals surface area contributed by atoms with Gasteiger partial charge in [0.25, 0.3) is 0 Å². The molecule has 1 saturated heterocycles. The van der Waals surface area contributed by atoms with Crippen LogP contribution in [-0.4, -0.2) is 44.4 Å². The van der Waals surface area contributed by atoms with E-state index in [0.29, 0.717) is 16.4 Å². The van der Waals surface area contributed by atoms with Crippen LogP contribution in [0.25, 0.3) is 5.69 Å². The third-order valence-electron chi connectivity index (χ3n) is 5.76. The van der Waals surface area contributed by atoms with Crippen molar-refractivity contribution in [3.63, 3.8) is 0 Å². The average Bonchev–Trinajstić information content (AvgIpc) is 3.27. The van der Waals surface area contributed by atoms with E-state index in [-0.39, 0.29) is 28.5 Å². The number of anilines is 1. The molecule has 1 N–H and O–H groups in total. The Morgan fingerprint density at radius 2 is 1.94 bits per heavy atom. The van der Waals surface area contributed by atoms with Crippen molar-refractivity contribution >= 4 is 35.0 Å². The van der Waals surface area contributed by atoms with Crippen LogP contribution in [0.15, 0.2) is 47.6 Å². The second-order valence-corrected chi connectivity index (χ2v) is 9.42. The molecular formula is C24H24ClFN6OS. The molecular weight excluding hydrogens is 475 g/mol. The van der Waals surface area contributed by atoms with Crippen molar-refractivity contribution in [2.75, 3.05) is 24.2 Å². The number of nitrogens with one attached hydrogen (secondary N) is 1. The molecule has 7 nitrogen and oxygen atoms in total. The Morgan fingerprint density at radius 3 is 2.62 bits per heavy atom. The van der Waals surface area contributed by atoms with Crippen molar-refractivity contribution in [1.29, 1.82) is 5.26 Å². The number of hydrogen-bond acceptors (Lipinski definition) is 6. The first kappa shape index (κ1) is 24.2. The number of nitrogens with zero attached hydrogens (tertiary/aromatic N) is 5. The Hall–Kier alpha value is -2.93. The maximum Gasteiger partial charge on any atom is 0.234 e. The minimum absolute atomic E-state index is 0.0295. The second-order valence-electron chi connectivity index (χ2n) is 8.07. The fraction of sp³-hybridized carbons (Fsp3) is 0.333. The molecule has 0 radical (unpaired) electrons. The highest BCUT2D eigenvalue weighted by Crippen LogP contribution is 2.29. The van der Waals surface area contributed by atoms with Crippen LogP contribution >= 0.6 is 23.4 Å². The predicted octanol–water partition coefficient (Wildman–Crippen LogP) is 5.21. The second kappa shape index (κ2) is 11.0. The molecule has 1 aromatic heterocycles. The molecule has 1 aliphatic heterocycles. The summed E-state index contributed by atoms with van der Waals surface area (Å²) >= 11 is 7.30. The van der Waals surface area contributed by atoms with Gasteiger partial charge in [-0.15, -0.1) is 10.2 Å². The molecule has 1 unspecified atom stereocenters. The summed E-state index contributed by atoms with van der Waals surface area (Å²) in [4.78, 5) is 15.0. The van der Waals surface area contributed by atoms with E-state index in [9.17, 15) is 9.18 Å². The van der Waals surface area contributed by atoms with Gasteiger partial charge in [-0.05, 0) is 75.3 Å². The number of carbonyl (C=O) groups excluding carboxylic acids is 1. The molecule has 0 spiro atoms. The number of amides is 1.